The maximum atomic E-state index is 12.4. The SMILES string of the molecule is [2H]CCNC(=O)CN1CCN(CC(=O)NCC)CCN(CC(=O)NCC[2H])CCN(CC(=O)NCC[2H])CC1. The topological polar surface area (TPSA) is 129 Å². The molecule has 0 aromatic carbocycles. The van der Waals surface area contributed by atoms with Gasteiger partial charge in [-0.1, -0.05) is 0 Å². The maximum Gasteiger partial charge on any atom is 0.234 e. The summed E-state index contributed by atoms with van der Waals surface area (Å²) in [6.45, 7) is 8.33. The van der Waals surface area contributed by atoms with Crippen molar-refractivity contribution in [3.8, 4) is 0 Å². The van der Waals surface area contributed by atoms with Crippen molar-refractivity contribution in [1.82, 2.24) is 40.9 Å². The molecule has 4 N–H and O–H groups in total. The van der Waals surface area contributed by atoms with Gasteiger partial charge in [0.15, 0.2) is 0 Å². The zero-order valence-electron chi connectivity index (χ0n) is 24.9. The van der Waals surface area contributed by atoms with Crippen molar-refractivity contribution in [2.24, 2.45) is 0 Å². The van der Waals surface area contributed by atoms with Crippen LogP contribution >= 0.6 is 0 Å². The molecule has 0 spiro atoms. The number of carbonyl (C=O) groups excluding carboxylic acids is 4. The maximum absolute atomic E-state index is 12.4. The van der Waals surface area contributed by atoms with Crippen LogP contribution in [0.25, 0.3) is 0 Å². The van der Waals surface area contributed by atoms with Crippen molar-refractivity contribution in [3.05, 3.63) is 0 Å². The number of hydrogen-bond acceptors (Lipinski definition) is 8. The minimum Gasteiger partial charge on any atom is -0.355 e. The molecular weight excluding hydrogens is 464 g/mol. The average molecular weight is 516 g/mol. The molecule has 1 aliphatic heterocycles. The van der Waals surface area contributed by atoms with E-state index in [0.29, 0.717) is 58.9 Å². The lowest BCUT2D eigenvalue weighted by molar-refractivity contribution is -0.124. The highest BCUT2D eigenvalue weighted by atomic mass is 16.2. The normalized spacial score (nSPS) is 18.5. The Morgan fingerprint density at radius 1 is 0.500 bits per heavy atom. The minimum atomic E-state index is -0.179. The summed E-state index contributed by atoms with van der Waals surface area (Å²) in [5, 5.41) is 11.0. The van der Waals surface area contributed by atoms with E-state index in [2.05, 4.69) is 21.3 Å². The Hall–Kier alpha value is -2.28. The number of amides is 4. The Balaban J connectivity index is 3.04. The third kappa shape index (κ3) is 14.3. The second kappa shape index (κ2) is 18.9. The number of nitrogens with zero attached hydrogens (tertiary/aromatic N) is 4. The van der Waals surface area contributed by atoms with Crippen molar-refractivity contribution in [3.63, 3.8) is 0 Å². The van der Waals surface area contributed by atoms with E-state index < -0.39 is 0 Å². The van der Waals surface area contributed by atoms with Crippen molar-refractivity contribution in [2.75, 3.05) is 105 Å². The van der Waals surface area contributed by atoms with Crippen LogP contribution in [0.3, 0.4) is 0 Å². The standard InChI is InChI=1S/C24H48N8O4/c1-5-25-21(33)17-29-9-11-30(18-22(34)26-6-2)13-15-32(20-24(36)28-8-4)16-14-31(12-10-29)19-23(35)27-7-3/h5-20H2,1-4H3,(H,25,33)(H,26,34)(H,27,35)(H,28,36)/i1D,2D,3D. The van der Waals surface area contributed by atoms with Gasteiger partial charge in [-0.15, -0.1) is 0 Å². The Labute approximate surface area is 220 Å². The number of rotatable bonds is 12. The molecule has 0 aromatic rings. The molecule has 1 saturated heterocycles. The van der Waals surface area contributed by atoms with Crippen LogP contribution in [0.5, 0.6) is 0 Å². The van der Waals surface area contributed by atoms with E-state index in [1.807, 2.05) is 26.5 Å². The monoisotopic (exact) mass is 515 g/mol. The molecule has 0 atom stereocenters. The molecule has 208 valence electrons. The molecular formula is C24H48N8O4. The molecule has 0 bridgehead atoms. The van der Waals surface area contributed by atoms with Crippen molar-refractivity contribution >= 4 is 23.6 Å². The Morgan fingerprint density at radius 3 is 0.917 bits per heavy atom. The summed E-state index contributed by atoms with van der Waals surface area (Å²) in [4.78, 5) is 57.6. The van der Waals surface area contributed by atoms with Gasteiger partial charge in [0.2, 0.25) is 23.6 Å². The molecule has 1 rings (SSSR count). The summed E-state index contributed by atoms with van der Waals surface area (Å²) in [6.07, 6.45) is 0. The van der Waals surface area contributed by atoms with Gasteiger partial charge in [-0.3, -0.25) is 38.8 Å². The Kier molecular flexibility index (Phi) is 14.1. The van der Waals surface area contributed by atoms with E-state index in [9.17, 15) is 19.2 Å². The molecule has 1 fully saturated rings. The molecule has 0 saturated carbocycles. The van der Waals surface area contributed by atoms with Gasteiger partial charge in [-0.05, 0) is 27.6 Å². The molecule has 0 aromatic heterocycles. The predicted molar refractivity (Wildman–Crippen MR) is 140 cm³/mol. The summed E-state index contributed by atoms with van der Waals surface area (Å²) in [6, 6.07) is 0. The zero-order valence-corrected chi connectivity index (χ0v) is 21.9. The van der Waals surface area contributed by atoms with E-state index in [4.69, 9.17) is 4.11 Å². The highest BCUT2D eigenvalue weighted by Gasteiger charge is 2.21. The van der Waals surface area contributed by atoms with Gasteiger partial charge < -0.3 is 21.3 Å². The lowest BCUT2D eigenvalue weighted by Crippen LogP contribution is -2.51. The zero-order chi connectivity index (χ0) is 28.9. The molecule has 0 aliphatic carbocycles. The summed E-state index contributed by atoms with van der Waals surface area (Å²) in [7, 11) is 0. The highest BCUT2D eigenvalue weighted by molar-refractivity contribution is 5.79. The first-order valence-electron chi connectivity index (χ1n) is 14.8. The van der Waals surface area contributed by atoms with Crippen LogP contribution in [-0.2, 0) is 19.2 Å². The smallest absolute Gasteiger partial charge is 0.234 e. The molecule has 1 aliphatic rings. The molecule has 1 heterocycles. The second-order valence-electron chi connectivity index (χ2n) is 8.61. The second-order valence-corrected chi connectivity index (χ2v) is 8.61. The first-order valence-corrected chi connectivity index (χ1v) is 12.6. The van der Waals surface area contributed by atoms with Crippen LogP contribution in [0, 0.1) is 0 Å². The number of carbonyl (C=O) groups is 4. The highest BCUT2D eigenvalue weighted by Crippen LogP contribution is 2.01. The fraction of sp³-hybridized carbons (Fsp3) is 0.833. The van der Waals surface area contributed by atoms with Crippen LogP contribution in [0.15, 0.2) is 0 Å². The van der Waals surface area contributed by atoms with Crippen LogP contribution < -0.4 is 21.3 Å². The van der Waals surface area contributed by atoms with Crippen LogP contribution in [0.4, 0.5) is 0 Å². The van der Waals surface area contributed by atoms with Gasteiger partial charge in [0.05, 0.1) is 26.2 Å². The fourth-order valence-corrected chi connectivity index (χ4v) is 3.86. The summed E-state index contributed by atoms with van der Waals surface area (Å²) in [5.74, 6) is -0.612. The van der Waals surface area contributed by atoms with Crippen molar-refractivity contribution in [1.29, 1.82) is 0 Å². The average Bonchev–Trinajstić information content (AvgIpc) is 2.90. The van der Waals surface area contributed by atoms with E-state index >= 15 is 0 Å². The van der Waals surface area contributed by atoms with Crippen LogP contribution in [-0.4, -0.2) is 148 Å². The van der Waals surface area contributed by atoms with E-state index in [0.717, 1.165) is 0 Å². The lowest BCUT2D eigenvalue weighted by Gasteiger charge is -2.33. The summed E-state index contributed by atoms with van der Waals surface area (Å²) >= 11 is 0. The molecule has 4 amide bonds. The van der Waals surface area contributed by atoms with Gasteiger partial charge in [0.1, 0.15) is 0 Å². The first kappa shape index (κ1) is 26.8. The molecule has 0 unspecified atom stereocenters. The third-order valence-corrected chi connectivity index (χ3v) is 5.74. The minimum absolute atomic E-state index is 0.0889. The van der Waals surface area contributed by atoms with E-state index in [1.54, 1.807) is 0 Å². The largest absolute Gasteiger partial charge is 0.355 e. The van der Waals surface area contributed by atoms with Crippen molar-refractivity contribution < 1.29 is 23.3 Å². The van der Waals surface area contributed by atoms with Crippen LogP contribution in [0.2, 0.25) is 0 Å². The van der Waals surface area contributed by atoms with Crippen molar-refractivity contribution in [2.45, 2.75) is 27.6 Å². The van der Waals surface area contributed by atoms with Gasteiger partial charge in [-0.25, -0.2) is 0 Å². The molecule has 36 heavy (non-hydrogen) atoms. The van der Waals surface area contributed by atoms with Gasteiger partial charge >= 0.3 is 0 Å². The summed E-state index contributed by atoms with van der Waals surface area (Å²) in [5.41, 5.74) is 0. The third-order valence-electron chi connectivity index (χ3n) is 5.74. The number of hydrogen-bond donors (Lipinski definition) is 4. The van der Waals surface area contributed by atoms with Gasteiger partial charge in [-0.2, -0.15) is 0 Å². The van der Waals surface area contributed by atoms with E-state index in [-0.39, 0.29) is 90.1 Å². The predicted octanol–water partition coefficient (Wildman–Crippen LogP) is -2.25. The lowest BCUT2D eigenvalue weighted by atomic mass is 10.3. The number of likely N-dealkylation sites (N-methyl/N-ethyl adjacent to an activating group) is 4. The van der Waals surface area contributed by atoms with Gasteiger partial charge in [0.25, 0.3) is 0 Å². The molecule has 12 nitrogen and oxygen atoms in total. The summed E-state index contributed by atoms with van der Waals surface area (Å²) < 4.78 is 21.8. The van der Waals surface area contributed by atoms with E-state index in [1.165, 1.54) is 0 Å². The van der Waals surface area contributed by atoms with Crippen LogP contribution in [0.1, 0.15) is 31.7 Å². The molecule has 0 radical (unpaired) electrons. The van der Waals surface area contributed by atoms with Gasteiger partial charge in [0, 0.05) is 82.6 Å². The number of nitrogens with one attached hydrogen (secondary N) is 4. The Bertz CT molecular complexity index is 699. The fourth-order valence-electron chi connectivity index (χ4n) is 3.86. The molecule has 12 heteroatoms. The first-order chi connectivity index (χ1) is 18.8. The quantitative estimate of drug-likeness (QED) is 0.230. The Morgan fingerprint density at radius 2 is 0.722 bits per heavy atom.